The smallest absolute Gasteiger partial charge is 0.262 e. The van der Waals surface area contributed by atoms with Crippen molar-refractivity contribution in [2.75, 3.05) is 26.7 Å². The number of carbonyl (C=O) groups is 1. The van der Waals surface area contributed by atoms with E-state index >= 15 is 0 Å². The average Bonchev–Trinajstić information content (AvgIpc) is 3.47. The Bertz CT molecular complexity index is 1270. The van der Waals surface area contributed by atoms with Crippen molar-refractivity contribution in [1.82, 2.24) is 15.2 Å². The van der Waals surface area contributed by atoms with Gasteiger partial charge >= 0.3 is 0 Å². The molecule has 1 amide bonds. The van der Waals surface area contributed by atoms with Crippen molar-refractivity contribution in [1.29, 1.82) is 0 Å². The molecule has 1 fully saturated rings. The number of likely N-dealkylation sites (N-methyl/N-ethyl adjacent to an activating group) is 1. The van der Waals surface area contributed by atoms with Gasteiger partial charge in [0.1, 0.15) is 10.6 Å². The maximum atomic E-state index is 13.5. The van der Waals surface area contributed by atoms with E-state index in [9.17, 15) is 4.79 Å². The average molecular weight is 446 g/mol. The van der Waals surface area contributed by atoms with Crippen LogP contribution in [0.1, 0.15) is 29.4 Å². The molecule has 1 aliphatic heterocycles. The van der Waals surface area contributed by atoms with E-state index in [0.717, 1.165) is 62.3 Å². The molecule has 2 aromatic heterocycles. The topological polar surface area (TPSA) is 54.5 Å². The summed E-state index contributed by atoms with van der Waals surface area (Å²) in [6, 6.07) is 16.4. The number of ether oxygens (including phenoxy) is 1. The highest BCUT2D eigenvalue weighted by Gasteiger charge is 2.26. The van der Waals surface area contributed by atoms with Gasteiger partial charge in [0.05, 0.1) is 12.6 Å². The molecule has 1 aliphatic rings. The first kappa shape index (κ1) is 20.9. The Morgan fingerprint density at radius 1 is 1.22 bits per heavy atom. The number of methoxy groups -OCH3 is 1. The number of amides is 1. The predicted octanol–water partition coefficient (Wildman–Crippen LogP) is 5.34. The van der Waals surface area contributed by atoms with Gasteiger partial charge in [-0.3, -0.25) is 14.7 Å². The maximum Gasteiger partial charge on any atom is 0.262 e. The molecule has 164 valence electrons. The third-order valence-electron chi connectivity index (χ3n) is 6.40. The molecule has 5 nitrogen and oxygen atoms in total. The van der Waals surface area contributed by atoms with Gasteiger partial charge in [0, 0.05) is 39.8 Å². The summed E-state index contributed by atoms with van der Waals surface area (Å²) in [6.07, 6.45) is 4.24. The van der Waals surface area contributed by atoms with Crippen LogP contribution in [0.2, 0.25) is 0 Å². The van der Waals surface area contributed by atoms with Crippen LogP contribution in [0.5, 0.6) is 5.75 Å². The SMILES string of the molecule is CCN1CCCC1CNC(=O)c1sc2c(cnc3ccc(OC)cc32)c1-c1ccccc1. The van der Waals surface area contributed by atoms with Crippen molar-refractivity contribution >= 4 is 38.2 Å². The number of benzene rings is 2. The zero-order valence-electron chi connectivity index (χ0n) is 18.4. The Morgan fingerprint density at radius 3 is 2.84 bits per heavy atom. The van der Waals surface area contributed by atoms with Crippen molar-refractivity contribution < 1.29 is 9.53 Å². The van der Waals surface area contributed by atoms with Gasteiger partial charge in [-0.15, -0.1) is 11.3 Å². The molecule has 32 heavy (non-hydrogen) atoms. The summed E-state index contributed by atoms with van der Waals surface area (Å²) >= 11 is 1.54. The summed E-state index contributed by atoms with van der Waals surface area (Å²) in [7, 11) is 1.67. The number of likely N-dealkylation sites (tertiary alicyclic amines) is 1. The number of nitrogens with one attached hydrogen (secondary N) is 1. The molecular weight excluding hydrogens is 418 g/mol. The van der Waals surface area contributed by atoms with E-state index in [2.05, 4.69) is 34.3 Å². The number of hydrogen-bond donors (Lipinski definition) is 1. The summed E-state index contributed by atoms with van der Waals surface area (Å²) in [6.45, 7) is 5.01. The second-order valence-electron chi connectivity index (χ2n) is 8.19. The lowest BCUT2D eigenvalue weighted by Crippen LogP contribution is -2.39. The lowest BCUT2D eigenvalue weighted by atomic mass is 10.0. The minimum atomic E-state index is -0.0101. The third-order valence-corrected chi connectivity index (χ3v) is 7.64. The van der Waals surface area contributed by atoms with E-state index in [1.165, 1.54) is 6.42 Å². The monoisotopic (exact) mass is 445 g/mol. The number of hydrogen-bond acceptors (Lipinski definition) is 5. The highest BCUT2D eigenvalue weighted by atomic mass is 32.1. The van der Waals surface area contributed by atoms with E-state index in [1.807, 2.05) is 42.6 Å². The molecule has 0 radical (unpaired) electrons. The van der Waals surface area contributed by atoms with Gasteiger partial charge < -0.3 is 10.1 Å². The quantitative estimate of drug-likeness (QED) is 0.435. The molecule has 1 unspecified atom stereocenters. The maximum absolute atomic E-state index is 13.5. The van der Waals surface area contributed by atoms with Crippen LogP contribution in [0, 0.1) is 0 Å². The normalized spacial score (nSPS) is 16.6. The van der Waals surface area contributed by atoms with E-state index in [1.54, 1.807) is 18.4 Å². The van der Waals surface area contributed by atoms with E-state index in [0.29, 0.717) is 12.6 Å². The van der Waals surface area contributed by atoms with Gasteiger partial charge in [-0.1, -0.05) is 37.3 Å². The van der Waals surface area contributed by atoms with E-state index in [4.69, 9.17) is 4.74 Å². The summed E-state index contributed by atoms with van der Waals surface area (Å²) in [5.74, 6) is 0.775. The van der Waals surface area contributed by atoms with Crippen molar-refractivity contribution in [3.8, 4) is 16.9 Å². The van der Waals surface area contributed by atoms with Crippen LogP contribution in [-0.2, 0) is 0 Å². The van der Waals surface area contributed by atoms with Gasteiger partial charge in [0.15, 0.2) is 0 Å². The van der Waals surface area contributed by atoms with Crippen molar-refractivity contribution in [3.63, 3.8) is 0 Å². The third kappa shape index (κ3) is 3.74. The highest BCUT2D eigenvalue weighted by molar-refractivity contribution is 7.22. The summed E-state index contributed by atoms with van der Waals surface area (Å²) in [5.41, 5.74) is 2.89. The van der Waals surface area contributed by atoms with Crippen LogP contribution in [0.15, 0.2) is 54.7 Å². The van der Waals surface area contributed by atoms with Crippen LogP contribution >= 0.6 is 11.3 Å². The fourth-order valence-electron chi connectivity index (χ4n) is 4.72. The first-order valence-corrected chi connectivity index (χ1v) is 12.0. The Hall–Kier alpha value is -2.96. The van der Waals surface area contributed by atoms with Gasteiger partial charge in [0.25, 0.3) is 5.91 Å². The van der Waals surface area contributed by atoms with E-state index in [-0.39, 0.29) is 5.91 Å². The molecule has 0 saturated carbocycles. The second-order valence-corrected chi connectivity index (χ2v) is 9.21. The second kappa shape index (κ2) is 8.88. The molecule has 5 rings (SSSR count). The lowest BCUT2D eigenvalue weighted by molar-refractivity contribution is 0.0946. The first-order chi connectivity index (χ1) is 15.7. The molecule has 2 aromatic carbocycles. The van der Waals surface area contributed by atoms with Gasteiger partial charge in [-0.25, -0.2) is 0 Å². The van der Waals surface area contributed by atoms with Crippen molar-refractivity contribution in [3.05, 3.63) is 59.6 Å². The van der Waals surface area contributed by atoms with Crippen LogP contribution in [0.3, 0.4) is 0 Å². The molecule has 4 aromatic rings. The van der Waals surface area contributed by atoms with Crippen LogP contribution in [0.4, 0.5) is 0 Å². The highest BCUT2D eigenvalue weighted by Crippen LogP contribution is 2.42. The van der Waals surface area contributed by atoms with Crippen LogP contribution in [-0.4, -0.2) is 48.6 Å². The Labute approximate surface area is 192 Å². The van der Waals surface area contributed by atoms with E-state index < -0.39 is 0 Å². The van der Waals surface area contributed by atoms with Crippen molar-refractivity contribution in [2.24, 2.45) is 0 Å². The number of nitrogens with zero attached hydrogens (tertiary/aromatic N) is 2. The summed E-state index contributed by atoms with van der Waals surface area (Å²) in [4.78, 5) is 21.3. The van der Waals surface area contributed by atoms with Crippen molar-refractivity contribution in [2.45, 2.75) is 25.8 Å². The fourth-order valence-corrected chi connectivity index (χ4v) is 5.96. The molecule has 1 N–H and O–H groups in total. The molecule has 1 atom stereocenters. The summed E-state index contributed by atoms with van der Waals surface area (Å²) in [5, 5.41) is 5.24. The Kier molecular flexibility index (Phi) is 5.81. The number of aromatic nitrogens is 1. The molecule has 0 spiro atoms. The molecule has 0 bridgehead atoms. The number of thiophene rings is 1. The number of carbonyl (C=O) groups excluding carboxylic acids is 1. The predicted molar refractivity (Wildman–Crippen MR) is 132 cm³/mol. The lowest BCUT2D eigenvalue weighted by Gasteiger charge is -2.22. The Morgan fingerprint density at radius 2 is 2.06 bits per heavy atom. The molecular formula is C26H27N3O2S. The summed E-state index contributed by atoms with van der Waals surface area (Å²) < 4.78 is 6.51. The number of fused-ring (bicyclic) bond motifs is 3. The molecule has 1 saturated heterocycles. The van der Waals surface area contributed by atoms with Crippen LogP contribution in [0.25, 0.3) is 32.1 Å². The largest absolute Gasteiger partial charge is 0.497 e. The number of rotatable bonds is 6. The minimum Gasteiger partial charge on any atom is -0.497 e. The molecule has 3 heterocycles. The van der Waals surface area contributed by atoms with Gasteiger partial charge in [-0.2, -0.15) is 0 Å². The zero-order valence-corrected chi connectivity index (χ0v) is 19.2. The number of pyridine rings is 1. The van der Waals surface area contributed by atoms with Crippen LogP contribution < -0.4 is 10.1 Å². The molecule has 6 heteroatoms. The minimum absolute atomic E-state index is 0.0101. The zero-order chi connectivity index (χ0) is 22.1. The first-order valence-electron chi connectivity index (χ1n) is 11.2. The fraction of sp³-hybridized carbons (Fsp3) is 0.308. The van der Waals surface area contributed by atoms with Gasteiger partial charge in [0.2, 0.25) is 0 Å². The standard InChI is InChI=1S/C26H27N3O2S/c1-3-29-13-7-10-18(29)15-28-26(30)25-23(17-8-5-4-6-9-17)21-16-27-22-12-11-19(31-2)14-20(22)24(21)32-25/h4-6,8-9,11-12,14,16,18H,3,7,10,13,15H2,1-2H3,(H,28,30). The van der Waals surface area contributed by atoms with Gasteiger partial charge in [-0.05, 0) is 49.7 Å². The molecule has 0 aliphatic carbocycles. The Balaban J connectivity index is 1.60.